The summed E-state index contributed by atoms with van der Waals surface area (Å²) in [4.78, 5) is 29.0. The fourth-order valence-corrected chi connectivity index (χ4v) is 3.90. The van der Waals surface area contributed by atoms with E-state index in [0.29, 0.717) is 10.9 Å². The summed E-state index contributed by atoms with van der Waals surface area (Å²) in [5.74, 6) is 1.03. The minimum Gasteiger partial charge on any atom is -0.442 e. The van der Waals surface area contributed by atoms with Crippen LogP contribution in [0.4, 0.5) is 16.6 Å². The average Bonchev–Trinajstić information content (AvgIpc) is 3.22. The van der Waals surface area contributed by atoms with Gasteiger partial charge in [0, 0.05) is 29.7 Å². The number of carbonyl (C=O) groups excluding carboxylic acids is 1. The molecule has 4 heterocycles. The highest BCUT2D eigenvalue weighted by molar-refractivity contribution is 5.96. The zero-order chi connectivity index (χ0) is 21.0. The predicted molar refractivity (Wildman–Crippen MR) is 113 cm³/mol. The van der Waals surface area contributed by atoms with Crippen LogP contribution in [0.25, 0.3) is 22.3 Å². The van der Waals surface area contributed by atoms with Crippen LogP contribution in [0.2, 0.25) is 0 Å². The number of pyridine rings is 1. The van der Waals surface area contributed by atoms with Gasteiger partial charge in [-0.05, 0) is 52.5 Å². The molecule has 1 aliphatic heterocycles. The molecule has 0 atom stereocenters. The van der Waals surface area contributed by atoms with Gasteiger partial charge in [-0.25, -0.2) is 14.8 Å². The van der Waals surface area contributed by atoms with Crippen molar-refractivity contribution in [2.45, 2.75) is 52.1 Å². The highest BCUT2D eigenvalue weighted by atomic mass is 16.6. The summed E-state index contributed by atoms with van der Waals surface area (Å²) in [5, 5.41) is 4.84. The molecule has 0 amide bonds. The van der Waals surface area contributed by atoms with Crippen LogP contribution in [-0.4, -0.2) is 49.5 Å². The lowest BCUT2D eigenvalue weighted by Crippen LogP contribution is -2.38. The molecule has 5 rings (SSSR count). The van der Waals surface area contributed by atoms with Crippen LogP contribution in [0.5, 0.6) is 0 Å². The molecule has 0 unspecified atom stereocenters. The minimum absolute atomic E-state index is 0.258. The van der Waals surface area contributed by atoms with Crippen LogP contribution >= 0.6 is 0 Å². The van der Waals surface area contributed by atoms with E-state index in [0.717, 1.165) is 60.9 Å². The zero-order valence-corrected chi connectivity index (χ0v) is 17.5. The molecule has 30 heavy (non-hydrogen) atoms. The molecule has 0 bridgehead atoms. The third-order valence-corrected chi connectivity index (χ3v) is 5.46. The standard InChI is InChI=1S/C21H25N7O2/c1-21(2,3)30-20(29)28-16-11-23-15(10-13(16)18(22)26-28)17-12-6-4-7-14(12)24-19(25-17)27-8-5-9-27/h10-11H,4-9H2,1-3H3,(H2,22,26). The van der Waals surface area contributed by atoms with Crippen molar-refractivity contribution >= 4 is 28.8 Å². The van der Waals surface area contributed by atoms with E-state index in [1.807, 2.05) is 26.8 Å². The molecule has 2 aliphatic rings. The van der Waals surface area contributed by atoms with Crippen molar-refractivity contribution in [3.63, 3.8) is 0 Å². The lowest BCUT2D eigenvalue weighted by atomic mass is 10.1. The van der Waals surface area contributed by atoms with Gasteiger partial charge in [-0.3, -0.25) is 4.98 Å². The number of aryl methyl sites for hydroxylation is 1. The largest absolute Gasteiger partial charge is 0.442 e. The van der Waals surface area contributed by atoms with E-state index in [9.17, 15) is 4.79 Å². The molecule has 156 valence electrons. The van der Waals surface area contributed by atoms with Gasteiger partial charge >= 0.3 is 6.09 Å². The third-order valence-electron chi connectivity index (χ3n) is 5.46. The Balaban J connectivity index is 1.59. The van der Waals surface area contributed by atoms with E-state index in [2.05, 4.69) is 15.0 Å². The van der Waals surface area contributed by atoms with Crippen molar-refractivity contribution in [2.75, 3.05) is 23.7 Å². The van der Waals surface area contributed by atoms with Crippen LogP contribution in [0.1, 0.15) is 44.9 Å². The smallest absolute Gasteiger partial charge is 0.435 e. The Hall–Kier alpha value is -3.23. The Kier molecular flexibility index (Phi) is 4.16. The third kappa shape index (κ3) is 3.14. The van der Waals surface area contributed by atoms with Crippen molar-refractivity contribution in [1.29, 1.82) is 0 Å². The van der Waals surface area contributed by atoms with Gasteiger partial charge < -0.3 is 15.4 Å². The van der Waals surface area contributed by atoms with Gasteiger partial charge in [-0.2, -0.15) is 4.68 Å². The first kappa shape index (κ1) is 18.8. The number of rotatable bonds is 2. The molecule has 3 aromatic heterocycles. The number of fused-ring (bicyclic) bond motifs is 2. The molecule has 0 saturated carbocycles. The van der Waals surface area contributed by atoms with Crippen LogP contribution < -0.4 is 10.6 Å². The molecular formula is C21H25N7O2. The first-order chi connectivity index (χ1) is 14.3. The number of nitrogens with zero attached hydrogens (tertiary/aromatic N) is 6. The molecular weight excluding hydrogens is 382 g/mol. The van der Waals surface area contributed by atoms with E-state index < -0.39 is 11.7 Å². The summed E-state index contributed by atoms with van der Waals surface area (Å²) in [6.45, 7) is 7.39. The highest BCUT2D eigenvalue weighted by Gasteiger charge is 2.26. The van der Waals surface area contributed by atoms with E-state index in [1.54, 1.807) is 6.20 Å². The quantitative estimate of drug-likeness (QED) is 0.690. The predicted octanol–water partition coefficient (Wildman–Crippen LogP) is 2.95. The summed E-state index contributed by atoms with van der Waals surface area (Å²) < 4.78 is 6.60. The summed E-state index contributed by atoms with van der Waals surface area (Å²) in [6, 6.07) is 1.86. The summed E-state index contributed by atoms with van der Waals surface area (Å²) in [6.07, 6.45) is 5.18. The van der Waals surface area contributed by atoms with Gasteiger partial charge in [-0.1, -0.05) is 0 Å². The number of hydrogen-bond acceptors (Lipinski definition) is 8. The maximum atomic E-state index is 12.5. The van der Waals surface area contributed by atoms with E-state index in [-0.39, 0.29) is 5.82 Å². The molecule has 9 nitrogen and oxygen atoms in total. The number of aromatic nitrogens is 5. The monoisotopic (exact) mass is 407 g/mol. The Labute approximate surface area is 174 Å². The first-order valence-electron chi connectivity index (χ1n) is 10.3. The Morgan fingerprint density at radius 3 is 2.67 bits per heavy atom. The molecule has 0 radical (unpaired) electrons. The van der Waals surface area contributed by atoms with Crippen molar-refractivity contribution in [3.05, 3.63) is 23.5 Å². The van der Waals surface area contributed by atoms with E-state index >= 15 is 0 Å². The van der Waals surface area contributed by atoms with Crippen LogP contribution in [0, 0.1) is 0 Å². The van der Waals surface area contributed by atoms with Gasteiger partial charge in [0.1, 0.15) is 11.1 Å². The molecule has 3 aromatic rings. The number of anilines is 2. The van der Waals surface area contributed by atoms with Crippen molar-refractivity contribution in [3.8, 4) is 11.4 Å². The second-order valence-electron chi connectivity index (χ2n) is 8.86. The first-order valence-corrected chi connectivity index (χ1v) is 10.3. The maximum absolute atomic E-state index is 12.5. The number of nitrogens with two attached hydrogens (primary N) is 1. The van der Waals surface area contributed by atoms with Gasteiger partial charge in [-0.15, -0.1) is 5.10 Å². The van der Waals surface area contributed by atoms with Crippen molar-refractivity contribution in [2.24, 2.45) is 0 Å². The second kappa shape index (κ2) is 6.65. The molecule has 9 heteroatoms. The lowest BCUT2D eigenvalue weighted by Gasteiger charge is -2.31. The number of ether oxygens (including phenoxy) is 1. The second-order valence-corrected chi connectivity index (χ2v) is 8.86. The summed E-state index contributed by atoms with van der Waals surface area (Å²) in [7, 11) is 0. The SMILES string of the molecule is CC(C)(C)OC(=O)n1nc(N)c2cc(-c3nc(N4CCC4)nc4c3CCC4)ncc21. The van der Waals surface area contributed by atoms with Crippen LogP contribution in [0.3, 0.4) is 0 Å². The zero-order valence-electron chi connectivity index (χ0n) is 17.5. The van der Waals surface area contributed by atoms with Crippen molar-refractivity contribution < 1.29 is 9.53 Å². The van der Waals surface area contributed by atoms with Crippen LogP contribution in [-0.2, 0) is 17.6 Å². The van der Waals surface area contributed by atoms with Crippen molar-refractivity contribution in [1.82, 2.24) is 24.7 Å². The van der Waals surface area contributed by atoms with Crippen LogP contribution in [0.15, 0.2) is 12.3 Å². The van der Waals surface area contributed by atoms with Gasteiger partial charge in [0.2, 0.25) is 5.95 Å². The topological polar surface area (TPSA) is 112 Å². The van der Waals surface area contributed by atoms with Gasteiger partial charge in [0.15, 0.2) is 5.82 Å². The Morgan fingerprint density at radius 1 is 1.17 bits per heavy atom. The molecule has 1 saturated heterocycles. The fraction of sp³-hybridized carbons (Fsp3) is 0.476. The lowest BCUT2D eigenvalue weighted by molar-refractivity contribution is 0.0523. The molecule has 1 fully saturated rings. The molecule has 1 aliphatic carbocycles. The average molecular weight is 407 g/mol. The summed E-state index contributed by atoms with van der Waals surface area (Å²) >= 11 is 0. The number of nitrogen functional groups attached to an aromatic ring is 1. The maximum Gasteiger partial charge on any atom is 0.435 e. The Bertz CT molecular complexity index is 1160. The number of hydrogen-bond donors (Lipinski definition) is 1. The normalized spacial score (nSPS) is 15.9. The molecule has 0 aromatic carbocycles. The Morgan fingerprint density at radius 2 is 1.97 bits per heavy atom. The molecule has 2 N–H and O–H groups in total. The fourth-order valence-electron chi connectivity index (χ4n) is 3.90. The molecule has 0 spiro atoms. The minimum atomic E-state index is -0.633. The van der Waals surface area contributed by atoms with Gasteiger partial charge in [0.25, 0.3) is 0 Å². The number of carbonyl (C=O) groups is 1. The van der Waals surface area contributed by atoms with E-state index in [1.165, 1.54) is 11.1 Å². The highest BCUT2D eigenvalue weighted by Crippen LogP contribution is 2.34. The van der Waals surface area contributed by atoms with E-state index in [4.69, 9.17) is 20.4 Å². The summed E-state index contributed by atoms with van der Waals surface area (Å²) in [5.41, 5.74) is 9.86. The van der Waals surface area contributed by atoms with Gasteiger partial charge in [0.05, 0.1) is 17.6 Å².